The van der Waals surface area contributed by atoms with Crippen LogP contribution in [0.1, 0.15) is 11.3 Å². The maximum absolute atomic E-state index is 12.6. The Morgan fingerprint density at radius 2 is 1.90 bits per heavy atom. The summed E-state index contributed by atoms with van der Waals surface area (Å²) >= 11 is 0. The Labute approximate surface area is 124 Å². The average molecular weight is 306 g/mol. The van der Waals surface area contributed by atoms with Gasteiger partial charge in [-0.2, -0.15) is 0 Å². The van der Waals surface area contributed by atoms with Crippen molar-refractivity contribution in [3.8, 4) is 0 Å². The second-order valence-electron chi connectivity index (χ2n) is 4.58. The average Bonchev–Trinajstić information content (AvgIpc) is 2.53. The predicted molar refractivity (Wildman–Crippen MR) is 79.9 cm³/mol. The predicted octanol–water partition coefficient (Wildman–Crippen LogP) is 0.798. The molecule has 0 amide bonds. The molecule has 2 aromatic rings. The zero-order chi connectivity index (χ0) is 15.3. The molecule has 0 radical (unpaired) electrons. The van der Waals surface area contributed by atoms with Crippen LogP contribution in [0, 0.1) is 0 Å². The molecule has 0 aliphatic rings. The van der Waals surface area contributed by atoms with Gasteiger partial charge in [0.15, 0.2) is 0 Å². The highest BCUT2D eigenvalue weighted by Crippen LogP contribution is 2.17. The summed E-state index contributed by atoms with van der Waals surface area (Å²) in [6.45, 7) is 0.471. The summed E-state index contributed by atoms with van der Waals surface area (Å²) in [5, 5.41) is 0. The third-order valence-corrected chi connectivity index (χ3v) is 5.13. The lowest BCUT2D eigenvalue weighted by Crippen LogP contribution is -2.30. The van der Waals surface area contributed by atoms with E-state index < -0.39 is 10.0 Å². The van der Waals surface area contributed by atoms with Gasteiger partial charge in [-0.15, -0.1) is 0 Å². The van der Waals surface area contributed by atoms with E-state index in [4.69, 9.17) is 5.73 Å². The van der Waals surface area contributed by atoms with E-state index in [1.165, 1.54) is 16.6 Å². The first-order valence-electron chi connectivity index (χ1n) is 6.55. The smallest absolute Gasteiger partial charge is 0.244 e. The van der Waals surface area contributed by atoms with Crippen molar-refractivity contribution in [3.63, 3.8) is 0 Å². The Morgan fingerprint density at radius 1 is 1.19 bits per heavy atom. The van der Waals surface area contributed by atoms with Crippen LogP contribution < -0.4 is 5.73 Å². The lowest BCUT2D eigenvalue weighted by molar-refractivity contribution is 0.471. The molecule has 0 spiro atoms. The molecule has 0 atom stereocenters. The van der Waals surface area contributed by atoms with Gasteiger partial charge in [-0.1, -0.05) is 0 Å². The van der Waals surface area contributed by atoms with Gasteiger partial charge in [0.1, 0.15) is 4.90 Å². The van der Waals surface area contributed by atoms with E-state index in [1.54, 1.807) is 25.5 Å². The van der Waals surface area contributed by atoms with Crippen molar-refractivity contribution >= 4 is 10.0 Å². The fourth-order valence-corrected chi connectivity index (χ4v) is 3.29. The molecule has 2 rings (SSSR count). The highest BCUT2D eigenvalue weighted by Gasteiger charge is 2.23. The summed E-state index contributed by atoms with van der Waals surface area (Å²) in [7, 11) is -2.02. The van der Waals surface area contributed by atoms with E-state index in [9.17, 15) is 8.42 Å². The highest BCUT2D eigenvalue weighted by molar-refractivity contribution is 7.89. The molecule has 0 saturated heterocycles. The summed E-state index contributed by atoms with van der Waals surface area (Å²) < 4.78 is 26.4. The minimum absolute atomic E-state index is 0.0909. The monoisotopic (exact) mass is 306 g/mol. The first-order valence-corrected chi connectivity index (χ1v) is 7.99. The summed E-state index contributed by atoms with van der Waals surface area (Å²) in [5.41, 5.74) is 6.98. The number of nitrogens with two attached hydrogens (primary N) is 1. The highest BCUT2D eigenvalue weighted by atomic mass is 32.2. The zero-order valence-corrected chi connectivity index (χ0v) is 12.6. The number of likely N-dealkylation sites (N-methyl/N-ethyl adjacent to an activating group) is 1. The van der Waals surface area contributed by atoms with Crippen LogP contribution in [-0.2, 0) is 23.0 Å². The SMILES string of the molecule is CN(CCc1ccncc1)S(=O)(=O)c1cccnc1CN. The van der Waals surface area contributed by atoms with Gasteiger partial charge in [-0.05, 0) is 36.2 Å². The summed E-state index contributed by atoms with van der Waals surface area (Å²) in [4.78, 5) is 8.13. The molecule has 2 heterocycles. The Bertz CT molecular complexity index is 689. The summed E-state index contributed by atoms with van der Waals surface area (Å²) in [6.07, 6.45) is 5.55. The molecule has 0 aliphatic heterocycles. The molecule has 21 heavy (non-hydrogen) atoms. The van der Waals surface area contributed by atoms with Gasteiger partial charge in [-0.3, -0.25) is 9.97 Å². The molecule has 2 aromatic heterocycles. The van der Waals surface area contributed by atoms with E-state index in [2.05, 4.69) is 9.97 Å². The molecular formula is C14H18N4O2S. The molecule has 0 fully saturated rings. The molecule has 0 saturated carbocycles. The number of aromatic nitrogens is 2. The lowest BCUT2D eigenvalue weighted by Gasteiger charge is -2.18. The molecule has 2 N–H and O–H groups in total. The van der Waals surface area contributed by atoms with Gasteiger partial charge in [0, 0.05) is 38.7 Å². The van der Waals surface area contributed by atoms with Gasteiger partial charge in [0.2, 0.25) is 10.0 Å². The maximum atomic E-state index is 12.6. The fraction of sp³-hybridized carbons (Fsp3) is 0.286. The first kappa shape index (κ1) is 15.6. The van der Waals surface area contributed by atoms with Crippen LogP contribution in [-0.4, -0.2) is 36.3 Å². The van der Waals surface area contributed by atoms with E-state index in [-0.39, 0.29) is 11.4 Å². The Kier molecular flexibility index (Phi) is 5.00. The van der Waals surface area contributed by atoms with Crippen molar-refractivity contribution in [1.29, 1.82) is 0 Å². The zero-order valence-electron chi connectivity index (χ0n) is 11.8. The van der Waals surface area contributed by atoms with Crippen LogP contribution in [0.5, 0.6) is 0 Å². The third kappa shape index (κ3) is 3.63. The van der Waals surface area contributed by atoms with Gasteiger partial charge in [-0.25, -0.2) is 12.7 Å². The molecule has 0 aromatic carbocycles. The van der Waals surface area contributed by atoms with Gasteiger partial charge >= 0.3 is 0 Å². The molecule has 0 aliphatic carbocycles. The minimum Gasteiger partial charge on any atom is -0.325 e. The number of pyridine rings is 2. The minimum atomic E-state index is -3.58. The number of sulfonamides is 1. The molecule has 6 nitrogen and oxygen atoms in total. The first-order chi connectivity index (χ1) is 10.1. The topological polar surface area (TPSA) is 89.2 Å². The molecule has 7 heteroatoms. The van der Waals surface area contributed by atoms with Crippen LogP contribution in [0.15, 0.2) is 47.8 Å². The van der Waals surface area contributed by atoms with E-state index in [0.29, 0.717) is 18.7 Å². The van der Waals surface area contributed by atoms with E-state index >= 15 is 0 Å². The van der Waals surface area contributed by atoms with Crippen molar-refractivity contribution in [2.45, 2.75) is 17.9 Å². The fourth-order valence-electron chi connectivity index (χ4n) is 1.94. The van der Waals surface area contributed by atoms with Crippen LogP contribution >= 0.6 is 0 Å². The quantitative estimate of drug-likeness (QED) is 0.852. The Balaban J connectivity index is 2.15. The van der Waals surface area contributed by atoms with Crippen LogP contribution in [0.2, 0.25) is 0 Å². The maximum Gasteiger partial charge on any atom is 0.244 e. The van der Waals surface area contributed by atoms with Crippen molar-refractivity contribution < 1.29 is 8.42 Å². The second kappa shape index (κ2) is 6.75. The van der Waals surface area contributed by atoms with E-state index in [0.717, 1.165) is 5.56 Å². The van der Waals surface area contributed by atoms with Crippen molar-refractivity contribution in [2.24, 2.45) is 5.73 Å². The standard InChI is InChI=1S/C14H18N4O2S/c1-18(10-6-12-4-8-16-9-5-12)21(19,20)14-3-2-7-17-13(14)11-15/h2-5,7-9H,6,10-11,15H2,1H3. The van der Waals surface area contributed by atoms with Crippen molar-refractivity contribution in [3.05, 3.63) is 54.1 Å². The second-order valence-corrected chi connectivity index (χ2v) is 6.60. The Morgan fingerprint density at radius 3 is 2.57 bits per heavy atom. The summed E-state index contributed by atoms with van der Waals surface area (Å²) in [5.74, 6) is 0. The number of nitrogens with zero attached hydrogens (tertiary/aromatic N) is 3. The molecular weight excluding hydrogens is 288 g/mol. The van der Waals surface area contributed by atoms with Crippen LogP contribution in [0.25, 0.3) is 0 Å². The van der Waals surface area contributed by atoms with Crippen LogP contribution in [0.4, 0.5) is 0 Å². The summed E-state index contributed by atoms with van der Waals surface area (Å²) in [6, 6.07) is 6.88. The van der Waals surface area contributed by atoms with Crippen molar-refractivity contribution in [1.82, 2.24) is 14.3 Å². The molecule has 0 unspecified atom stereocenters. The number of rotatable bonds is 6. The number of hydrogen-bond donors (Lipinski definition) is 1. The van der Waals surface area contributed by atoms with Gasteiger partial charge in [0.25, 0.3) is 0 Å². The van der Waals surface area contributed by atoms with Gasteiger partial charge < -0.3 is 5.73 Å². The normalized spacial score (nSPS) is 11.8. The largest absolute Gasteiger partial charge is 0.325 e. The molecule has 0 bridgehead atoms. The van der Waals surface area contributed by atoms with E-state index in [1.807, 2.05) is 12.1 Å². The third-order valence-electron chi connectivity index (χ3n) is 3.19. The van der Waals surface area contributed by atoms with Crippen LogP contribution in [0.3, 0.4) is 0 Å². The lowest BCUT2D eigenvalue weighted by atomic mass is 10.2. The number of hydrogen-bond acceptors (Lipinski definition) is 5. The van der Waals surface area contributed by atoms with Gasteiger partial charge in [0.05, 0.1) is 5.69 Å². The Hall–Kier alpha value is -1.83. The molecule has 112 valence electrons. The van der Waals surface area contributed by atoms with Crippen molar-refractivity contribution in [2.75, 3.05) is 13.6 Å².